The molecule has 0 amide bonds. The van der Waals surface area contributed by atoms with Gasteiger partial charge in [-0.2, -0.15) is 23.0 Å². The number of carbonyl (C=O) groups is 3. The zero-order chi connectivity index (χ0) is 26.2. The highest BCUT2D eigenvalue weighted by atomic mass is 35.5. The van der Waals surface area contributed by atoms with Crippen LogP contribution in [0.1, 0.15) is 31.8 Å². The number of halogens is 5. The highest BCUT2D eigenvalue weighted by Gasteiger charge is 2.37. The molecule has 0 saturated carbocycles. The van der Waals surface area contributed by atoms with E-state index in [1.54, 1.807) is 0 Å². The molecule has 11 heteroatoms. The highest BCUT2D eigenvalue weighted by molar-refractivity contribution is 6.34. The smallest absolute Gasteiger partial charge is 0.417 e. The van der Waals surface area contributed by atoms with Crippen LogP contribution in [-0.4, -0.2) is 33.0 Å². The van der Waals surface area contributed by atoms with Crippen LogP contribution >= 0.6 is 11.6 Å². The molecule has 0 bridgehead atoms. The maximum absolute atomic E-state index is 14.9. The van der Waals surface area contributed by atoms with E-state index in [0.29, 0.717) is 17.0 Å². The molecule has 1 aromatic heterocycles. The zero-order valence-electron chi connectivity index (χ0n) is 17.7. The molecule has 0 radical (unpaired) electrons. The van der Waals surface area contributed by atoms with E-state index in [9.17, 15) is 31.9 Å². The number of carboxylic acids is 1. The van der Waals surface area contributed by atoms with Crippen LogP contribution in [0, 0.1) is 17.7 Å². The van der Waals surface area contributed by atoms with E-state index in [2.05, 4.69) is 16.9 Å². The van der Waals surface area contributed by atoms with E-state index in [4.69, 9.17) is 16.7 Å². The summed E-state index contributed by atoms with van der Waals surface area (Å²) in [5.41, 5.74) is -2.64. The zero-order valence-corrected chi connectivity index (χ0v) is 18.5. The van der Waals surface area contributed by atoms with Gasteiger partial charge in [-0.1, -0.05) is 23.6 Å². The third kappa shape index (κ3) is 4.44. The number of alkyl halides is 3. The van der Waals surface area contributed by atoms with Crippen molar-refractivity contribution in [3.63, 3.8) is 0 Å². The number of carbonyl (C=O) groups excluding carboxylic acids is 2. The predicted molar refractivity (Wildman–Crippen MR) is 121 cm³/mol. The molecule has 36 heavy (non-hydrogen) atoms. The molecule has 0 atom stereocenters. The van der Waals surface area contributed by atoms with Gasteiger partial charge in [0.2, 0.25) is 0 Å². The van der Waals surface area contributed by atoms with E-state index in [1.807, 2.05) is 0 Å². The Bertz CT molecular complexity index is 1630. The maximum atomic E-state index is 14.9. The highest BCUT2D eigenvalue weighted by Crippen LogP contribution is 2.37. The molecule has 6 nitrogen and oxygen atoms in total. The third-order valence-corrected chi connectivity index (χ3v) is 5.47. The van der Waals surface area contributed by atoms with Crippen LogP contribution in [0.25, 0.3) is 22.2 Å². The largest absolute Gasteiger partial charge is 0.478 e. The second-order valence-electron chi connectivity index (χ2n) is 7.34. The third-order valence-electron chi connectivity index (χ3n) is 5.15. The van der Waals surface area contributed by atoms with Crippen LogP contribution in [0.5, 0.6) is 0 Å². The number of aromatic nitrogens is 2. The van der Waals surface area contributed by atoms with Gasteiger partial charge in [0.1, 0.15) is 11.5 Å². The fourth-order valence-corrected chi connectivity index (χ4v) is 3.84. The SMILES string of the molecule is O=CC#Cc1ccc2c(-c3ccc(C(=O)O)cc3F)nn(C(=O)c3c(Cl)cccc3C(F)(F)F)c2c1. The maximum Gasteiger partial charge on any atom is 0.417 e. The van der Waals surface area contributed by atoms with Crippen LogP contribution in [-0.2, 0) is 11.0 Å². The average molecular weight is 515 g/mol. The molecule has 1 heterocycles. The number of nitrogens with zero attached hydrogens (tertiary/aromatic N) is 2. The number of rotatable bonds is 3. The van der Waals surface area contributed by atoms with Gasteiger partial charge in [-0.05, 0) is 54.5 Å². The Morgan fingerprint density at radius 1 is 1.08 bits per heavy atom. The van der Waals surface area contributed by atoms with E-state index in [0.717, 1.165) is 30.3 Å². The van der Waals surface area contributed by atoms with Crippen molar-refractivity contribution in [2.45, 2.75) is 6.18 Å². The molecule has 1 N–H and O–H groups in total. The molecule has 0 spiro atoms. The Morgan fingerprint density at radius 2 is 1.83 bits per heavy atom. The molecule has 0 fully saturated rings. The van der Waals surface area contributed by atoms with Gasteiger partial charge < -0.3 is 5.11 Å². The minimum absolute atomic E-state index is 0.0394. The summed E-state index contributed by atoms with van der Waals surface area (Å²) in [5, 5.41) is 12.9. The summed E-state index contributed by atoms with van der Waals surface area (Å²) in [4.78, 5) is 35.2. The number of aldehydes is 1. The molecule has 0 unspecified atom stereocenters. The lowest BCUT2D eigenvalue weighted by Gasteiger charge is -2.13. The number of hydrogen-bond acceptors (Lipinski definition) is 4. The van der Waals surface area contributed by atoms with Crippen LogP contribution in [0.15, 0.2) is 54.6 Å². The first-order valence-corrected chi connectivity index (χ1v) is 10.3. The molecular weight excluding hydrogens is 504 g/mol. The van der Waals surface area contributed by atoms with Crippen molar-refractivity contribution in [1.82, 2.24) is 9.78 Å². The summed E-state index contributed by atoms with van der Waals surface area (Å²) in [6.45, 7) is 0. The minimum atomic E-state index is -4.92. The molecule has 4 aromatic rings. The molecule has 180 valence electrons. The van der Waals surface area contributed by atoms with Crippen molar-refractivity contribution in [1.29, 1.82) is 0 Å². The normalized spacial score (nSPS) is 11.1. The molecule has 0 aliphatic heterocycles. The lowest BCUT2D eigenvalue weighted by Crippen LogP contribution is -2.20. The molecule has 4 rings (SSSR count). The second kappa shape index (κ2) is 9.28. The van der Waals surface area contributed by atoms with Crippen LogP contribution in [0.4, 0.5) is 17.6 Å². The Balaban J connectivity index is 2.02. The van der Waals surface area contributed by atoms with Crippen LogP contribution in [0.2, 0.25) is 5.02 Å². The molecule has 0 saturated heterocycles. The van der Waals surface area contributed by atoms with Gasteiger partial charge in [0.15, 0.2) is 6.29 Å². The van der Waals surface area contributed by atoms with Gasteiger partial charge >= 0.3 is 12.1 Å². The molecule has 0 aliphatic carbocycles. The van der Waals surface area contributed by atoms with Crippen molar-refractivity contribution >= 4 is 40.7 Å². The number of fused-ring (bicyclic) bond motifs is 1. The first-order valence-electron chi connectivity index (χ1n) is 9.94. The van der Waals surface area contributed by atoms with E-state index >= 15 is 0 Å². The Kier molecular flexibility index (Phi) is 6.35. The number of aromatic carboxylic acids is 1. The summed E-state index contributed by atoms with van der Waals surface area (Å²) >= 11 is 5.99. The van der Waals surface area contributed by atoms with Crippen molar-refractivity contribution in [3.05, 3.63) is 87.7 Å². The lowest BCUT2D eigenvalue weighted by molar-refractivity contribution is -0.137. The standard InChI is InChI=1S/C25H11ClF4N2O4/c26-18-5-1-4-17(25(28,29)30)21(18)23(34)32-20-11-13(3-2-10-33)6-8-16(20)22(31-32)15-9-7-14(24(35)36)12-19(15)27/h1,4-12H,(H,35,36). The number of hydrogen-bond donors (Lipinski definition) is 1. The lowest BCUT2D eigenvalue weighted by atomic mass is 10.0. The Morgan fingerprint density at radius 3 is 2.47 bits per heavy atom. The summed E-state index contributed by atoms with van der Waals surface area (Å²) in [7, 11) is 0. The van der Waals surface area contributed by atoms with Gasteiger partial charge in [-0.3, -0.25) is 9.59 Å². The van der Waals surface area contributed by atoms with Gasteiger partial charge in [-0.25, -0.2) is 9.18 Å². The van der Waals surface area contributed by atoms with E-state index in [1.165, 1.54) is 18.2 Å². The van der Waals surface area contributed by atoms with Gasteiger partial charge in [0.05, 0.1) is 27.2 Å². The van der Waals surface area contributed by atoms with Crippen molar-refractivity contribution in [2.75, 3.05) is 0 Å². The summed E-state index contributed by atoms with van der Waals surface area (Å²) in [5.74, 6) is 1.09. The van der Waals surface area contributed by atoms with Crippen molar-refractivity contribution in [2.24, 2.45) is 0 Å². The molecule has 0 aliphatic rings. The minimum Gasteiger partial charge on any atom is -0.478 e. The monoisotopic (exact) mass is 514 g/mol. The average Bonchev–Trinajstić information content (AvgIpc) is 3.20. The fraction of sp³-hybridized carbons (Fsp3) is 0.0400. The van der Waals surface area contributed by atoms with Crippen LogP contribution < -0.4 is 0 Å². The van der Waals surface area contributed by atoms with Gasteiger partial charge in [0.25, 0.3) is 5.91 Å². The van der Waals surface area contributed by atoms with E-state index < -0.39 is 40.0 Å². The quantitative estimate of drug-likeness (QED) is 0.223. The van der Waals surface area contributed by atoms with Gasteiger partial charge in [-0.15, -0.1) is 0 Å². The summed E-state index contributed by atoms with van der Waals surface area (Å²) < 4.78 is 56.5. The van der Waals surface area contributed by atoms with E-state index in [-0.39, 0.29) is 33.3 Å². The topological polar surface area (TPSA) is 89.3 Å². The predicted octanol–water partition coefficient (Wildman–Crippen LogP) is 5.45. The summed E-state index contributed by atoms with van der Waals surface area (Å²) in [6.07, 6.45) is -4.59. The van der Waals surface area contributed by atoms with Gasteiger partial charge in [0, 0.05) is 16.5 Å². The second-order valence-corrected chi connectivity index (χ2v) is 7.75. The summed E-state index contributed by atoms with van der Waals surface area (Å²) in [6, 6.07) is 9.99. The molecule has 3 aromatic carbocycles. The van der Waals surface area contributed by atoms with Crippen molar-refractivity contribution in [3.8, 4) is 23.1 Å². The Hall–Kier alpha value is -4.49. The van der Waals surface area contributed by atoms with Crippen molar-refractivity contribution < 1.29 is 37.1 Å². The fourth-order valence-electron chi connectivity index (χ4n) is 3.58. The molecular formula is C25H11ClF4N2O4. The number of benzene rings is 3. The first-order chi connectivity index (χ1) is 17.0. The first kappa shape index (κ1) is 24.6. The van der Waals surface area contributed by atoms with Crippen LogP contribution in [0.3, 0.4) is 0 Å². The Labute approximate surface area is 204 Å². The number of carboxylic acid groups (broad SMARTS) is 1.